The average Bonchev–Trinajstić information content (AvgIpc) is 2.47. The van der Waals surface area contributed by atoms with Crippen molar-refractivity contribution in [2.75, 3.05) is 0 Å². The standard InChI is InChI=1S/C17H16O4/c1-11(16(18)19)13-7-8-14(15(10-13)17(20)21)9-12-5-3-2-4-6-12/h2-8,10-11H,9H2,1H3,(H,18,19)(H,20,21). The number of carboxylic acid groups (broad SMARTS) is 2. The van der Waals surface area contributed by atoms with Gasteiger partial charge in [-0.3, -0.25) is 4.79 Å². The third kappa shape index (κ3) is 3.48. The molecule has 1 unspecified atom stereocenters. The molecular weight excluding hydrogens is 268 g/mol. The van der Waals surface area contributed by atoms with Crippen LogP contribution in [0.2, 0.25) is 0 Å². The van der Waals surface area contributed by atoms with E-state index in [1.165, 1.54) is 6.07 Å². The maximum absolute atomic E-state index is 11.4. The molecule has 108 valence electrons. The van der Waals surface area contributed by atoms with Crippen LogP contribution in [0.4, 0.5) is 0 Å². The quantitative estimate of drug-likeness (QED) is 0.884. The molecule has 0 aliphatic rings. The SMILES string of the molecule is CC(C(=O)O)c1ccc(Cc2ccccc2)c(C(=O)O)c1. The molecule has 0 radical (unpaired) electrons. The molecule has 4 nitrogen and oxygen atoms in total. The van der Waals surface area contributed by atoms with Gasteiger partial charge in [-0.2, -0.15) is 0 Å². The second kappa shape index (κ2) is 6.22. The van der Waals surface area contributed by atoms with Crippen molar-refractivity contribution in [3.8, 4) is 0 Å². The predicted octanol–water partition coefficient (Wildman–Crippen LogP) is 3.16. The highest BCUT2D eigenvalue weighted by Crippen LogP contribution is 2.22. The molecule has 2 rings (SSSR count). The van der Waals surface area contributed by atoms with E-state index in [0.29, 0.717) is 17.5 Å². The van der Waals surface area contributed by atoms with Gasteiger partial charge in [-0.25, -0.2) is 4.79 Å². The van der Waals surface area contributed by atoms with Crippen LogP contribution in [0, 0.1) is 0 Å². The highest BCUT2D eigenvalue weighted by molar-refractivity contribution is 5.90. The topological polar surface area (TPSA) is 74.6 Å². The number of hydrogen-bond donors (Lipinski definition) is 2. The summed E-state index contributed by atoms with van der Waals surface area (Å²) in [6.07, 6.45) is 0.504. The molecule has 2 N–H and O–H groups in total. The molecular formula is C17H16O4. The summed E-state index contributed by atoms with van der Waals surface area (Å²) in [5, 5.41) is 18.4. The van der Waals surface area contributed by atoms with E-state index < -0.39 is 17.9 Å². The van der Waals surface area contributed by atoms with Gasteiger partial charge < -0.3 is 10.2 Å². The van der Waals surface area contributed by atoms with Gasteiger partial charge in [-0.05, 0) is 36.1 Å². The molecule has 0 aromatic heterocycles. The van der Waals surface area contributed by atoms with Crippen LogP contribution >= 0.6 is 0 Å². The molecule has 0 spiro atoms. The van der Waals surface area contributed by atoms with Gasteiger partial charge in [-0.15, -0.1) is 0 Å². The number of carboxylic acids is 2. The minimum Gasteiger partial charge on any atom is -0.481 e. The lowest BCUT2D eigenvalue weighted by Gasteiger charge is -2.11. The number of rotatable bonds is 5. The Morgan fingerprint density at radius 3 is 2.29 bits per heavy atom. The Hall–Kier alpha value is -2.62. The highest BCUT2D eigenvalue weighted by Gasteiger charge is 2.18. The maximum atomic E-state index is 11.4. The van der Waals surface area contributed by atoms with Crippen LogP contribution in [0.3, 0.4) is 0 Å². The van der Waals surface area contributed by atoms with Gasteiger partial charge in [0.25, 0.3) is 0 Å². The first-order valence-electron chi connectivity index (χ1n) is 6.62. The van der Waals surface area contributed by atoms with Gasteiger partial charge in [0, 0.05) is 0 Å². The van der Waals surface area contributed by atoms with Crippen molar-refractivity contribution in [1.29, 1.82) is 0 Å². The van der Waals surface area contributed by atoms with E-state index in [-0.39, 0.29) is 5.56 Å². The van der Waals surface area contributed by atoms with Crippen LogP contribution in [0.5, 0.6) is 0 Å². The van der Waals surface area contributed by atoms with Crippen LogP contribution in [0.1, 0.15) is 39.9 Å². The summed E-state index contributed by atoms with van der Waals surface area (Å²) in [5.74, 6) is -2.74. The van der Waals surface area contributed by atoms with Crippen LogP contribution in [0.15, 0.2) is 48.5 Å². The molecule has 0 bridgehead atoms. The van der Waals surface area contributed by atoms with E-state index in [4.69, 9.17) is 5.11 Å². The summed E-state index contributed by atoms with van der Waals surface area (Å²) in [5.41, 5.74) is 2.34. The molecule has 21 heavy (non-hydrogen) atoms. The maximum Gasteiger partial charge on any atom is 0.335 e. The second-order valence-corrected chi connectivity index (χ2v) is 4.94. The van der Waals surface area contributed by atoms with E-state index in [2.05, 4.69) is 0 Å². The van der Waals surface area contributed by atoms with Gasteiger partial charge in [0.2, 0.25) is 0 Å². The monoisotopic (exact) mass is 284 g/mol. The largest absolute Gasteiger partial charge is 0.481 e. The van der Waals surface area contributed by atoms with Gasteiger partial charge in [0.05, 0.1) is 11.5 Å². The van der Waals surface area contributed by atoms with Crippen molar-refractivity contribution in [1.82, 2.24) is 0 Å². The van der Waals surface area contributed by atoms with Gasteiger partial charge in [0.1, 0.15) is 0 Å². The van der Waals surface area contributed by atoms with Crippen molar-refractivity contribution >= 4 is 11.9 Å². The van der Waals surface area contributed by atoms with E-state index in [1.807, 2.05) is 30.3 Å². The lowest BCUT2D eigenvalue weighted by atomic mass is 9.93. The molecule has 2 aromatic rings. The summed E-state index contributed by atoms with van der Waals surface area (Å²) in [6, 6.07) is 14.4. The zero-order valence-corrected chi connectivity index (χ0v) is 11.6. The summed E-state index contributed by atoms with van der Waals surface area (Å²) in [7, 11) is 0. The Labute approximate surface area is 122 Å². The molecule has 0 aliphatic carbocycles. The van der Waals surface area contributed by atoms with Crippen molar-refractivity contribution in [3.05, 3.63) is 70.8 Å². The zero-order valence-electron chi connectivity index (χ0n) is 11.6. The Balaban J connectivity index is 2.38. The number of aromatic carboxylic acids is 1. The van der Waals surface area contributed by atoms with Crippen molar-refractivity contribution in [2.45, 2.75) is 19.3 Å². The zero-order chi connectivity index (χ0) is 15.4. The van der Waals surface area contributed by atoms with Crippen LogP contribution in [0.25, 0.3) is 0 Å². The fourth-order valence-electron chi connectivity index (χ4n) is 2.18. The molecule has 0 amide bonds. The Kier molecular flexibility index (Phi) is 4.38. The second-order valence-electron chi connectivity index (χ2n) is 4.94. The summed E-state index contributed by atoms with van der Waals surface area (Å²) in [6.45, 7) is 1.54. The number of benzene rings is 2. The van der Waals surface area contributed by atoms with Crippen molar-refractivity contribution in [3.63, 3.8) is 0 Å². The summed E-state index contributed by atoms with van der Waals surface area (Å²) < 4.78 is 0. The molecule has 0 aliphatic heterocycles. The third-order valence-electron chi connectivity index (χ3n) is 3.47. The number of carbonyl (C=O) groups is 2. The predicted molar refractivity (Wildman–Crippen MR) is 78.7 cm³/mol. The lowest BCUT2D eigenvalue weighted by Crippen LogP contribution is -2.10. The summed E-state index contributed by atoms with van der Waals surface area (Å²) in [4.78, 5) is 22.4. The first-order chi connectivity index (χ1) is 9.99. The molecule has 0 heterocycles. The molecule has 0 saturated heterocycles. The smallest absolute Gasteiger partial charge is 0.335 e. The van der Waals surface area contributed by atoms with Crippen LogP contribution in [-0.2, 0) is 11.2 Å². The van der Waals surface area contributed by atoms with Gasteiger partial charge >= 0.3 is 11.9 Å². The Morgan fingerprint density at radius 1 is 1.05 bits per heavy atom. The van der Waals surface area contributed by atoms with Crippen LogP contribution in [-0.4, -0.2) is 22.2 Å². The van der Waals surface area contributed by atoms with Crippen LogP contribution < -0.4 is 0 Å². The van der Waals surface area contributed by atoms with E-state index >= 15 is 0 Å². The Morgan fingerprint density at radius 2 is 1.71 bits per heavy atom. The van der Waals surface area contributed by atoms with Gasteiger partial charge in [-0.1, -0.05) is 42.5 Å². The number of aliphatic carboxylic acids is 1. The first-order valence-corrected chi connectivity index (χ1v) is 6.62. The lowest BCUT2D eigenvalue weighted by molar-refractivity contribution is -0.138. The fourth-order valence-corrected chi connectivity index (χ4v) is 2.18. The van der Waals surface area contributed by atoms with E-state index in [1.54, 1.807) is 19.1 Å². The molecule has 0 saturated carbocycles. The molecule has 4 heteroatoms. The molecule has 0 fully saturated rings. The van der Waals surface area contributed by atoms with E-state index in [0.717, 1.165) is 5.56 Å². The normalized spacial score (nSPS) is 11.9. The van der Waals surface area contributed by atoms with Crippen molar-refractivity contribution in [2.24, 2.45) is 0 Å². The third-order valence-corrected chi connectivity index (χ3v) is 3.47. The number of hydrogen-bond acceptors (Lipinski definition) is 2. The minimum atomic E-state index is -1.04. The first kappa shape index (κ1) is 14.8. The van der Waals surface area contributed by atoms with Gasteiger partial charge in [0.15, 0.2) is 0 Å². The molecule has 1 atom stereocenters. The van der Waals surface area contributed by atoms with E-state index in [9.17, 15) is 14.7 Å². The average molecular weight is 284 g/mol. The highest BCUT2D eigenvalue weighted by atomic mass is 16.4. The molecule has 2 aromatic carbocycles. The Bertz CT molecular complexity index is 662. The fraction of sp³-hybridized carbons (Fsp3) is 0.176. The minimum absolute atomic E-state index is 0.157. The summed E-state index contributed by atoms with van der Waals surface area (Å²) >= 11 is 0. The van der Waals surface area contributed by atoms with Crippen molar-refractivity contribution < 1.29 is 19.8 Å².